The standard InChI is InChI=1S/C25H30N6O4.C25H26N6O3.2C22H24N6O3/c1-25(2,34)14-31-11-10-18(30-31)16-6-5-7-19(22(16)35-4)28-20-12-21(29-23(32)15-8-9-15)27-13-17(20)24(33)26-3;1-4-5-12-31-13-11-19(30-31)17-7-6-8-20(23(17)34-3)28-21-14-22(29-24(32)16-9-10-16)27-15-18(21)25(33)26-2;2*1-23-22(30)16-11-24-19(27-21(29)13-7-8-13)9-18(16)26-17-6-4-5-15(20(17)31-3)14-10-25-28(2)12-14/h5-7,10-13,15,34H,8-9,14H2,1-4H3,(H,26,33)(H2,27,28,29,32);1,6-8,11,13-16H,5,9-10,12H2,2-3H3,(H,26,33)(H2,27,28,29,32);2*4-6,9-13H,7-8H2,1-3H3,(H,23,30)(H2,24,26,27,29)/i3D3;2D3;1D3;. The molecule has 4 aromatic carbocycles. The van der Waals surface area contributed by atoms with Crippen molar-refractivity contribution in [3.8, 4) is 80.1 Å². The number of aryl methyl sites for hydroxylation is 3. The molecule has 4 fully saturated rings. The van der Waals surface area contributed by atoms with Gasteiger partial charge in [-0.15, -0.1) is 12.3 Å². The average Bonchev–Trinajstić information content (AvgIpc) is 1.79. The maximum Gasteiger partial charge on any atom is 0.254 e. The highest BCUT2D eigenvalue weighted by Gasteiger charge is 2.34. The highest BCUT2D eigenvalue weighted by atomic mass is 16.5. The number of hydrogen-bond acceptors (Lipinski definition) is 25. The molecule has 0 radical (unpaired) electrons. The number of pyridine rings is 4. The lowest BCUT2D eigenvalue weighted by Gasteiger charge is -2.17. The third kappa shape index (κ3) is 23.8. The molecule has 0 aliphatic heterocycles. The normalized spacial score (nSPS) is 14.2. The van der Waals surface area contributed by atoms with Crippen molar-refractivity contribution in [1.29, 1.82) is 0 Å². The molecule has 0 spiro atoms. The molecule has 4 aliphatic rings. The van der Waals surface area contributed by atoms with Gasteiger partial charge in [0.05, 0.1) is 139 Å². The van der Waals surface area contributed by atoms with Gasteiger partial charge in [-0.2, -0.15) is 20.4 Å². The third-order valence-corrected chi connectivity index (χ3v) is 20.8. The molecule has 8 heterocycles. The fourth-order valence-corrected chi connectivity index (χ4v) is 13.6. The van der Waals surface area contributed by atoms with Crippen molar-refractivity contribution < 1.29 is 74.7 Å². The molecular weight excluding hydrogens is 1670 g/mol. The third-order valence-electron chi connectivity index (χ3n) is 20.8. The van der Waals surface area contributed by atoms with Gasteiger partial charge in [-0.05, 0) is 114 Å². The molecule has 8 aromatic heterocycles. The fraction of sp³-hybridized carbons (Fsp3) is 0.298. The van der Waals surface area contributed by atoms with E-state index < -0.39 is 44.3 Å². The van der Waals surface area contributed by atoms with Crippen LogP contribution in [0.15, 0.2) is 171 Å². The number of ether oxygens (including phenoxy) is 4. The van der Waals surface area contributed by atoms with E-state index in [1.807, 2.05) is 97.2 Å². The van der Waals surface area contributed by atoms with E-state index in [-0.39, 0.29) is 104 Å². The topological polar surface area (TPSA) is 461 Å². The molecule has 0 bridgehead atoms. The zero-order valence-corrected chi connectivity index (χ0v) is 73.0. The number of rotatable bonds is 32. The molecule has 0 atom stereocenters. The zero-order valence-electron chi connectivity index (χ0n) is 82.0. The van der Waals surface area contributed by atoms with Crippen molar-refractivity contribution in [2.24, 2.45) is 37.8 Å². The molecule has 4 aliphatic carbocycles. The van der Waals surface area contributed by atoms with Crippen molar-refractivity contribution in [1.82, 2.24) is 80.3 Å². The van der Waals surface area contributed by atoms with Gasteiger partial charge in [0, 0.05) is 192 Å². The van der Waals surface area contributed by atoms with Gasteiger partial charge in [-0.25, -0.2) is 19.9 Å². The number of terminal acetylenes is 1. The molecule has 4 saturated carbocycles. The number of anilines is 12. The molecule has 678 valence electrons. The number of nitrogens with zero attached hydrogens (tertiary/aromatic N) is 12. The van der Waals surface area contributed by atoms with Gasteiger partial charge in [0.1, 0.15) is 34.8 Å². The van der Waals surface area contributed by atoms with Crippen LogP contribution in [0.3, 0.4) is 0 Å². The number of aliphatic hydroxyl groups is 1. The zero-order chi connectivity index (χ0) is 101. The van der Waals surface area contributed by atoms with Crippen LogP contribution in [0.4, 0.5) is 68.8 Å². The van der Waals surface area contributed by atoms with E-state index >= 15 is 0 Å². The van der Waals surface area contributed by atoms with Crippen LogP contribution in [0.2, 0.25) is 0 Å². The molecule has 131 heavy (non-hydrogen) atoms. The summed E-state index contributed by atoms with van der Waals surface area (Å²) in [4.78, 5) is 116. The molecule has 37 heteroatoms. The number of carbonyl (C=O) groups excluding carboxylic acids is 8. The van der Waals surface area contributed by atoms with Crippen molar-refractivity contribution in [3.05, 3.63) is 193 Å². The lowest BCUT2D eigenvalue weighted by Crippen LogP contribution is -2.26. The first-order valence-corrected chi connectivity index (χ1v) is 41.6. The maximum absolute atomic E-state index is 12.8. The number of nitrogens with one attached hydrogen (secondary N) is 12. The van der Waals surface area contributed by atoms with Crippen molar-refractivity contribution >= 4 is 116 Å². The molecule has 37 nitrogen and oxygen atoms in total. The fourth-order valence-electron chi connectivity index (χ4n) is 13.6. The Kier molecular flexibility index (Phi) is 26.0. The Morgan fingerprint density at radius 3 is 1.01 bits per heavy atom. The quantitative estimate of drug-likeness (QED) is 0.0174. The van der Waals surface area contributed by atoms with Gasteiger partial charge in [0.2, 0.25) is 23.6 Å². The van der Waals surface area contributed by atoms with E-state index in [9.17, 15) is 43.5 Å². The van der Waals surface area contributed by atoms with E-state index in [2.05, 4.69) is 94.1 Å². The summed E-state index contributed by atoms with van der Waals surface area (Å²) in [6, 6.07) is 31.5. The van der Waals surface area contributed by atoms with Gasteiger partial charge in [-0.1, -0.05) is 36.4 Å². The predicted octanol–water partition coefficient (Wildman–Crippen LogP) is 12.5. The minimum absolute atomic E-state index is 0.00520. The average molecular weight is 1790 g/mol. The summed E-state index contributed by atoms with van der Waals surface area (Å²) < 4.78 is 95.9. The Morgan fingerprint density at radius 1 is 0.435 bits per heavy atom. The van der Waals surface area contributed by atoms with Gasteiger partial charge < -0.3 is 87.9 Å². The van der Waals surface area contributed by atoms with Crippen molar-refractivity contribution in [3.63, 3.8) is 0 Å². The van der Waals surface area contributed by atoms with Crippen LogP contribution in [0.5, 0.6) is 23.0 Å². The first kappa shape index (κ1) is 80.8. The van der Waals surface area contributed by atoms with Crippen LogP contribution in [-0.4, -0.2) is 173 Å². The smallest absolute Gasteiger partial charge is 0.254 e. The molecule has 12 aromatic rings. The SMILES string of the molecule is CNC(=O)c1cnc(NC(=O)C2CC2)cc1Nc1cccc(-c2cnn(C)c2)c1OC.[2H]C([2H])([2H])NC(=O)c1cnc(NC(=O)C2CC2)cc1Nc1cccc(-c2ccn(CC(C)(C)O)n2)c1OC.[2H]C([2H])([2H])NC(=O)c1cnc(NC(=O)C2CC2)cc1Nc1cccc(-c2ccn(CCC#C)n2)c1OC.[2H]C([2H])([2H])NC(=O)c1cnc(NC(=O)C2CC2)cc1Nc1cccc(-c2cnn(C)c2)c1OC. The van der Waals surface area contributed by atoms with Crippen LogP contribution in [-0.2, 0) is 46.4 Å². The van der Waals surface area contributed by atoms with Crippen molar-refractivity contribution in [2.45, 2.75) is 90.3 Å². The number of amides is 8. The minimum Gasteiger partial charge on any atom is -0.494 e. The highest BCUT2D eigenvalue weighted by Crippen LogP contribution is 2.45. The summed E-state index contributed by atoms with van der Waals surface area (Å²) in [5, 5.41) is 59.9. The number of hydrogen-bond donors (Lipinski definition) is 13. The summed E-state index contributed by atoms with van der Waals surface area (Å²) in [5.74, 6) is 2.19. The first-order valence-electron chi connectivity index (χ1n) is 46.1. The van der Waals surface area contributed by atoms with E-state index in [1.165, 1.54) is 64.3 Å². The summed E-state index contributed by atoms with van der Waals surface area (Å²) in [6.45, 7) is -3.82. The monoisotopic (exact) mass is 1790 g/mol. The van der Waals surface area contributed by atoms with E-state index in [1.54, 1.807) is 108 Å². The van der Waals surface area contributed by atoms with E-state index in [4.69, 9.17) is 37.7 Å². The lowest BCUT2D eigenvalue weighted by atomic mass is 10.1. The maximum atomic E-state index is 12.8. The number of methoxy groups -OCH3 is 4. The minimum atomic E-state index is -2.70. The van der Waals surface area contributed by atoms with E-state index in [0.717, 1.165) is 73.6 Å². The van der Waals surface area contributed by atoms with Crippen LogP contribution in [0.1, 0.15) is 125 Å². The van der Waals surface area contributed by atoms with Crippen LogP contribution in [0, 0.1) is 36.0 Å². The van der Waals surface area contributed by atoms with Gasteiger partial charge >= 0.3 is 0 Å². The Labute approximate surface area is 768 Å². The van der Waals surface area contributed by atoms with Crippen molar-refractivity contribution in [2.75, 3.05) is 98.9 Å². The summed E-state index contributed by atoms with van der Waals surface area (Å²) in [7, 11) is 11.3. The van der Waals surface area contributed by atoms with Gasteiger partial charge in [0.15, 0.2) is 11.5 Å². The number of aromatic nitrogens is 12. The molecule has 0 unspecified atom stereocenters. The summed E-state index contributed by atoms with van der Waals surface area (Å²) in [6.07, 6.45) is 28.5. The first-order chi connectivity index (χ1) is 66.6. The van der Waals surface area contributed by atoms with E-state index in [0.29, 0.717) is 105 Å². The Hall–Kier alpha value is -16.0. The second kappa shape index (κ2) is 42.1. The second-order valence-electron chi connectivity index (χ2n) is 31.4. The Morgan fingerprint density at radius 2 is 0.733 bits per heavy atom. The number of benzene rings is 4. The van der Waals surface area contributed by atoms with Gasteiger partial charge in [0.25, 0.3) is 23.6 Å². The summed E-state index contributed by atoms with van der Waals surface area (Å²) in [5.41, 5.74) is 8.66. The Balaban J connectivity index is 0.000000158. The molecular formula is C94H104N24O13. The molecule has 0 saturated heterocycles. The van der Waals surface area contributed by atoms with Crippen LogP contribution in [0.25, 0.3) is 44.8 Å². The molecule has 13 N–H and O–H groups in total. The summed E-state index contributed by atoms with van der Waals surface area (Å²) >= 11 is 0. The highest BCUT2D eigenvalue weighted by molar-refractivity contribution is 6.06. The van der Waals surface area contributed by atoms with Crippen LogP contribution >= 0.6 is 0 Å². The predicted molar refractivity (Wildman–Crippen MR) is 498 cm³/mol. The second-order valence-corrected chi connectivity index (χ2v) is 31.4. The lowest BCUT2D eigenvalue weighted by molar-refractivity contribution is -0.118. The molecule has 16 rings (SSSR count). The number of carbonyl (C=O) groups is 8. The van der Waals surface area contributed by atoms with Gasteiger partial charge in [-0.3, -0.25) is 57.1 Å². The van der Waals surface area contributed by atoms with Crippen LogP contribution < -0.4 is 82.7 Å². The Bertz CT molecular complexity index is 6640. The largest absolute Gasteiger partial charge is 0.494 e. The number of para-hydroxylation sites is 4. The molecule has 8 amide bonds.